The number of thiazole rings is 1. The Kier molecular flexibility index (Phi) is 5.80. The monoisotopic (exact) mass is 358 g/mol. The molecule has 1 aromatic rings. The summed E-state index contributed by atoms with van der Waals surface area (Å²) in [7, 11) is 0. The summed E-state index contributed by atoms with van der Waals surface area (Å²) in [5, 5.41) is 4.67. The lowest BCUT2D eigenvalue weighted by molar-refractivity contribution is 0.122. The van der Waals surface area contributed by atoms with Crippen molar-refractivity contribution in [3.63, 3.8) is 0 Å². The molecule has 0 unspecified atom stereocenters. The van der Waals surface area contributed by atoms with E-state index in [9.17, 15) is 0 Å². The molecule has 130 valence electrons. The van der Waals surface area contributed by atoms with Gasteiger partial charge in [0.1, 0.15) is 0 Å². The van der Waals surface area contributed by atoms with Crippen molar-refractivity contribution in [1.29, 1.82) is 0 Å². The molecule has 4 heterocycles. The Morgan fingerprint density at radius 1 is 1.17 bits per heavy atom. The summed E-state index contributed by atoms with van der Waals surface area (Å²) in [4.78, 5) is 11.0. The van der Waals surface area contributed by atoms with E-state index in [1.807, 2.05) is 11.3 Å². The van der Waals surface area contributed by atoms with Gasteiger partial charge in [-0.2, -0.15) is 0 Å². The van der Waals surface area contributed by atoms with Crippen LogP contribution in [-0.4, -0.2) is 62.4 Å². The van der Waals surface area contributed by atoms with E-state index >= 15 is 0 Å². The Hall–Kier alpha value is -0.400. The minimum atomic E-state index is 0. The van der Waals surface area contributed by atoms with Gasteiger partial charge in [0.2, 0.25) is 0 Å². The van der Waals surface area contributed by atoms with Gasteiger partial charge in [-0.1, -0.05) is 0 Å². The maximum Gasteiger partial charge on any atom is 0.185 e. The Balaban J connectivity index is 0.00000156. The number of halogens is 1. The first-order valence-electron chi connectivity index (χ1n) is 8.54. The Labute approximate surface area is 148 Å². The summed E-state index contributed by atoms with van der Waals surface area (Å²) in [5.74, 6) is 0. The van der Waals surface area contributed by atoms with E-state index in [-0.39, 0.29) is 12.4 Å². The molecule has 3 aliphatic heterocycles. The summed E-state index contributed by atoms with van der Waals surface area (Å²) in [6, 6.07) is 0. The van der Waals surface area contributed by atoms with E-state index in [0.29, 0.717) is 5.41 Å². The van der Waals surface area contributed by atoms with Crippen LogP contribution >= 0.6 is 23.7 Å². The third kappa shape index (κ3) is 3.99. The smallest absolute Gasteiger partial charge is 0.185 e. The Morgan fingerprint density at radius 3 is 2.74 bits per heavy atom. The van der Waals surface area contributed by atoms with Gasteiger partial charge < -0.3 is 15.0 Å². The van der Waals surface area contributed by atoms with E-state index in [1.165, 1.54) is 55.5 Å². The second-order valence-electron chi connectivity index (χ2n) is 6.92. The average molecular weight is 359 g/mol. The van der Waals surface area contributed by atoms with Gasteiger partial charge in [-0.3, -0.25) is 4.90 Å². The third-order valence-corrected chi connectivity index (χ3v) is 6.43. The summed E-state index contributed by atoms with van der Waals surface area (Å²) in [6.45, 7) is 9.64. The zero-order valence-corrected chi connectivity index (χ0v) is 15.3. The molecule has 0 aromatic carbocycles. The van der Waals surface area contributed by atoms with Gasteiger partial charge >= 0.3 is 0 Å². The van der Waals surface area contributed by atoms with Gasteiger partial charge in [-0.25, -0.2) is 4.98 Å². The van der Waals surface area contributed by atoms with Gasteiger partial charge in [0.05, 0.1) is 13.2 Å². The first-order chi connectivity index (χ1) is 10.8. The number of hydrogen-bond acceptors (Lipinski definition) is 6. The standard InChI is InChI=1S/C16H26N4OS.ClH/c1-4-17-5-2-16(1)3-6-19(13-16)12-14-11-18-15(22-14)20-7-9-21-10-8-20;/h11,17H,1-10,12-13H2;1H. The van der Waals surface area contributed by atoms with Crippen LogP contribution < -0.4 is 10.2 Å². The lowest BCUT2D eigenvalue weighted by Gasteiger charge is -2.33. The predicted molar refractivity (Wildman–Crippen MR) is 96.8 cm³/mol. The zero-order valence-electron chi connectivity index (χ0n) is 13.6. The number of piperidine rings is 1. The van der Waals surface area contributed by atoms with Crippen molar-refractivity contribution < 1.29 is 4.74 Å². The highest BCUT2D eigenvalue weighted by atomic mass is 35.5. The van der Waals surface area contributed by atoms with Crippen molar-refractivity contribution in [2.45, 2.75) is 25.8 Å². The van der Waals surface area contributed by atoms with Crippen molar-refractivity contribution in [2.24, 2.45) is 5.41 Å². The Bertz CT molecular complexity index is 500. The van der Waals surface area contributed by atoms with Crippen LogP contribution in [0.3, 0.4) is 0 Å². The number of rotatable bonds is 3. The van der Waals surface area contributed by atoms with Crippen molar-refractivity contribution in [2.75, 3.05) is 57.4 Å². The second-order valence-corrected chi connectivity index (χ2v) is 8.01. The predicted octanol–water partition coefficient (Wildman–Crippen LogP) is 1.98. The molecule has 5 nitrogen and oxygen atoms in total. The van der Waals surface area contributed by atoms with Gasteiger partial charge in [0.15, 0.2) is 5.13 Å². The number of nitrogens with one attached hydrogen (secondary N) is 1. The van der Waals surface area contributed by atoms with Gasteiger partial charge in [-0.15, -0.1) is 23.7 Å². The molecule has 0 bridgehead atoms. The highest BCUT2D eigenvalue weighted by Gasteiger charge is 2.38. The van der Waals surface area contributed by atoms with Crippen LogP contribution in [0.1, 0.15) is 24.1 Å². The van der Waals surface area contributed by atoms with E-state index in [0.717, 1.165) is 32.8 Å². The molecule has 3 fully saturated rings. The van der Waals surface area contributed by atoms with Crippen molar-refractivity contribution >= 4 is 28.9 Å². The quantitative estimate of drug-likeness (QED) is 0.894. The topological polar surface area (TPSA) is 40.6 Å². The third-order valence-electron chi connectivity index (χ3n) is 5.38. The molecule has 0 atom stereocenters. The largest absolute Gasteiger partial charge is 0.378 e. The van der Waals surface area contributed by atoms with E-state index < -0.39 is 0 Å². The number of morpholine rings is 1. The molecule has 0 amide bonds. The van der Waals surface area contributed by atoms with Crippen molar-refractivity contribution in [1.82, 2.24) is 15.2 Å². The SMILES string of the molecule is Cl.c1nc(N2CCOCC2)sc1CN1CCC2(CCNCC2)C1. The summed E-state index contributed by atoms with van der Waals surface area (Å²) >= 11 is 1.87. The first-order valence-corrected chi connectivity index (χ1v) is 9.35. The van der Waals surface area contributed by atoms with Crippen LogP contribution in [-0.2, 0) is 11.3 Å². The van der Waals surface area contributed by atoms with Gasteiger partial charge in [-0.05, 0) is 44.3 Å². The van der Waals surface area contributed by atoms with Crippen LogP contribution in [0.15, 0.2) is 6.20 Å². The molecule has 1 spiro atoms. The molecule has 1 N–H and O–H groups in total. The van der Waals surface area contributed by atoms with Gasteiger partial charge in [0.25, 0.3) is 0 Å². The minimum Gasteiger partial charge on any atom is -0.378 e. The average Bonchev–Trinajstić information content (AvgIpc) is 3.17. The van der Waals surface area contributed by atoms with Crippen molar-refractivity contribution in [3.05, 3.63) is 11.1 Å². The fraction of sp³-hybridized carbons (Fsp3) is 0.812. The number of aromatic nitrogens is 1. The molecule has 0 saturated carbocycles. The zero-order chi connectivity index (χ0) is 14.8. The number of hydrogen-bond donors (Lipinski definition) is 1. The molecule has 4 rings (SSSR count). The molecule has 3 aliphatic rings. The molecular weight excluding hydrogens is 332 g/mol. The minimum absolute atomic E-state index is 0. The van der Waals surface area contributed by atoms with E-state index in [1.54, 1.807) is 0 Å². The number of ether oxygens (including phenoxy) is 1. The fourth-order valence-corrected chi connectivity index (χ4v) is 5.02. The van der Waals surface area contributed by atoms with Crippen molar-refractivity contribution in [3.8, 4) is 0 Å². The van der Waals surface area contributed by atoms with Crippen LogP contribution in [0.4, 0.5) is 5.13 Å². The summed E-state index contributed by atoms with van der Waals surface area (Å²) < 4.78 is 5.42. The maximum absolute atomic E-state index is 5.42. The normalized spacial score (nSPS) is 24.8. The molecule has 23 heavy (non-hydrogen) atoms. The van der Waals surface area contributed by atoms with Gasteiger partial charge in [0, 0.05) is 37.3 Å². The molecule has 0 radical (unpaired) electrons. The van der Waals surface area contributed by atoms with Crippen LogP contribution in [0, 0.1) is 5.41 Å². The molecule has 3 saturated heterocycles. The number of nitrogens with zero attached hydrogens (tertiary/aromatic N) is 3. The Morgan fingerprint density at radius 2 is 1.96 bits per heavy atom. The highest BCUT2D eigenvalue weighted by Crippen LogP contribution is 2.39. The fourth-order valence-electron chi connectivity index (χ4n) is 4.02. The van der Waals surface area contributed by atoms with Crippen LogP contribution in [0.25, 0.3) is 0 Å². The highest BCUT2D eigenvalue weighted by molar-refractivity contribution is 7.15. The number of likely N-dealkylation sites (tertiary alicyclic amines) is 1. The first kappa shape index (κ1) is 17.4. The van der Waals surface area contributed by atoms with Crippen LogP contribution in [0.2, 0.25) is 0 Å². The van der Waals surface area contributed by atoms with E-state index in [4.69, 9.17) is 4.74 Å². The lowest BCUT2D eigenvalue weighted by atomic mass is 9.78. The number of anilines is 1. The van der Waals surface area contributed by atoms with E-state index in [2.05, 4.69) is 26.3 Å². The molecule has 7 heteroatoms. The molecule has 0 aliphatic carbocycles. The second kappa shape index (κ2) is 7.66. The summed E-state index contributed by atoms with van der Waals surface area (Å²) in [6.07, 6.45) is 6.17. The lowest BCUT2D eigenvalue weighted by Crippen LogP contribution is -2.38. The maximum atomic E-state index is 5.42. The summed E-state index contributed by atoms with van der Waals surface area (Å²) in [5.41, 5.74) is 0.600. The van der Waals surface area contributed by atoms with Crippen LogP contribution in [0.5, 0.6) is 0 Å². The molecular formula is C16H27ClN4OS. The molecule has 1 aromatic heterocycles.